The second-order valence-corrected chi connectivity index (χ2v) is 7.75. The number of hydrogen-bond donors (Lipinski definition) is 2. The molecular weight excluding hydrogens is 314 g/mol. The zero-order valence-electron chi connectivity index (χ0n) is 14.9. The van der Waals surface area contributed by atoms with E-state index in [9.17, 15) is 9.90 Å². The van der Waals surface area contributed by atoms with E-state index in [1.807, 2.05) is 31.3 Å². The van der Waals surface area contributed by atoms with Crippen molar-refractivity contribution < 1.29 is 5.11 Å². The number of hydrogen-bond acceptors (Lipinski definition) is 4. The van der Waals surface area contributed by atoms with Gasteiger partial charge in [-0.05, 0) is 49.9 Å². The molecule has 1 aromatic heterocycles. The largest absolute Gasteiger partial charge is 0.392 e. The number of aromatic nitrogens is 1. The van der Waals surface area contributed by atoms with Crippen LogP contribution in [0.25, 0.3) is 10.9 Å². The van der Waals surface area contributed by atoms with Crippen molar-refractivity contribution in [3.63, 3.8) is 0 Å². The third-order valence-electron chi connectivity index (χ3n) is 6.07. The van der Waals surface area contributed by atoms with Crippen molar-refractivity contribution in [3.8, 4) is 0 Å². The number of fused-ring (bicyclic) bond motifs is 1. The zero-order valence-corrected chi connectivity index (χ0v) is 14.9. The van der Waals surface area contributed by atoms with Gasteiger partial charge >= 0.3 is 0 Å². The van der Waals surface area contributed by atoms with Gasteiger partial charge in [0, 0.05) is 37.7 Å². The summed E-state index contributed by atoms with van der Waals surface area (Å²) in [7, 11) is 1.85. The number of nitrogens with zero attached hydrogens (tertiary/aromatic N) is 2. The Morgan fingerprint density at radius 2 is 2.20 bits per heavy atom. The van der Waals surface area contributed by atoms with Crippen molar-refractivity contribution in [2.75, 3.05) is 26.2 Å². The molecule has 25 heavy (non-hydrogen) atoms. The van der Waals surface area contributed by atoms with Gasteiger partial charge < -0.3 is 15.0 Å². The number of likely N-dealkylation sites (tertiary alicyclic amines) is 1. The molecule has 2 N–H and O–H groups in total. The van der Waals surface area contributed by atoms with Gasteiger partial charge in [-0.2, -0.15) is 0 Å². The molecule has 0 unspecified atom stereocenters. The number of nitrogens with one attached hydrogen (secondary N) is 1. The van der Waals surface area contributed by atoms with Crippen LogP contribution < -0.4 is 10.9 Å². The Kier molecular flexibility index (Phi) is 4.40. The number of benzene rings is 1. The molecule has 2 aliphatic rings. The summed E-state index contributed by atoms with van der Waals surface area (Å²) < 4.78 is 1.75. The Bertz CT molecular complexity index is 827. The molecule has 0 radical (unpaired) electrons. The lowest BCUT2D eigenvalue weighted by atomic mass is 9.72. The highest BCUT2D eigenvalue weighted by Crippen LogP contribution is 2.36. The first-order valence-electron chi connectivity index (χ1n) is 9.28. The van der Waals surface area contributed by atoms with Crippen LogP contribution in [0.3, 0.4) is 0 Å². The Labute approximate surface area is 148 Å². The van der Waals surface area contributed by atoms with Crippen molar-refractivity contribution >= 4 is 10.9 Å². The first-order chi connectivity index (χ1) is 12.1. The van der Waals surface area contributed by atoms with E-state index in [1.165, 1.54) is 0 Å². The Morgan fingerprint density at radius 1 is 1.36 bits per heavy atom. The highest BCUT2D eigenvalue weighted by Gasteiger charge is 2.43. The van der Waals surface area contributed by atoms with E-state index in [1.54, 1.807) is 4.57 Å². The van der Waals surface area contributed by atoms with Gasteiger partial charge in [0.25, 0.3) is 5.56 Å². The van der Waals surface area contributed by atoms with E-state index in [4.69, 9.17) is 0 Å². The van der Waals surface area contributed by atoms with Gasteiger partial charge in [-0.3, -0.25) is 9.69 Å². The van der Waals surface area contributed by atoms with Gasteiger partial charge in [-0.25, -0.2) is 0 Å². The number of rotatable bonds is 2. The van der Waals surface area contributed by atoms with E-state index in [-0.39, 0.29) is 17.1 Å². The van der Waals surface area contributed by atoms with Crippen LogP contribution in [0.15, 0.2) is 35.1 Å². The summed E-state index contributed by atoms with van der Waals surface area (Å²) in [6.07, 6.45) is 2.72. The van der Waals surface area contributed by atoms with Crippen LogP contribution in [-0.2, 0) is 13.6 Å². The molecule has 1 spiro atoms. The Morgan fingerprint density at radius 3 is 3.04 bits per heavy atom. The summed E-state index contributed by atoms with van der Waals surface area (Å²) >= 11 is 0. The van der Waals surface area contributed by atoms with Crippen molar-refractivity contribution in [3.05, 3.63) is 46.2 Å². The Balaban J connectivity index is 1.61. The van der Waals surface area contributed by atoms with Crippen LogP contribution in [0.2, 0.25) is 0 Å². The first-order valence-corrected chi connectivity index (χ1v) is 9.28. The standard InChI is InChI=1S/C20H27N3O2/c1-22-17-6-3-2-5-15(17)11-16(19(22)25)12-23-10-4-8-20(14-23)13-21-9-7-18(20)24/h2-3,5-6,11,18,21,24H,4,7-10,12-14H2,1H3/t18-,20-/m0/s1. The van der Waals surface area contributed by atoms with Crippen LogP contribution in [0.4, 0.5) is 0 Å². The van der Waals surface area contributed by atoms with E-state index in [0.29, 0.717) is 6.54 Å². The van der Waals surface area contributed by atoms with Gasteiger partial charge in [0.2, 0.25) is 0 Å². The molecular formula is C20H27N3O2. The molecule has 2 saturated heterocycles. The summed E-state index contributed by atoms with van der Waals surface area (Å²) in [5.41, 5.74) is 1.84. The average molecular weight is 341 g/mol. The minimum absolute atomic E-state index is 0.0570. The van der Waals surface area contributed by atoms with Crippen molar-refractivity contribution in [1.29, 1.82) is 0 Å². The predicted octanol–water partition coefficient (Wildman–Crippen LogP) is 1.47. The van der Waals surface area contributed by atoms with Gasteiger partial charge in [-0.1, -0.05) is 18.2 Å². The quantitative estimate of drug-likeness (QED) is 0.869. The molecule has 0 bridgehead atoms. The number of aliphatic hydroxyl groups is 1. The van der Waals surface area contributed by atoms with Gasteiger partial charge in [0.15, 0.2) is 0 Å². The topological polar surface area (TPSA) is 57.5 Å². The number of pyridine rings is 1. The average Bonchev–Trinajstić information content (AvgIpc) is 2.62. The van der Waals surface area contributed by atoms with Gasteiger partial charge in [-0.15, -0.1) is 0 Å². The summed E-state index contributed by atoms with van der Waals surface area (Å²) in [6, 6.07) is 10.1. The molecule has 5 heteroatoms. The maximum absolute atomic E-state index is 12.8. The fourth-order valence-corrected chi connectivity index (χ4v) is 4.65. The maximum atomic E-state index is 12.8. The van der Waals surface area contributed by atoms with E-state index in [0.717, 1.165) is 61.9 Å². The summed E-state index contributed by atoms with van der Waals surface area (Å²) in [6.45, 7) is 4.28. The summed E-state index contributed by atoms with van der Waals surface area (Å²) in [5, 5.41) is 15.1. The minimum atomic E-state index is -0.240. The number of para-hydroxylation sites is 1. The van der Waals surface area contributed by atoms with Crippen LogP contribution in [-0.4, -0.2) is 46.9 Å². The van der Waals surface area contributed by atoms with E-state index >= 15 is 0 Å². The van der Waals surface area contributed by atoms with E-state index < -0.39 is 0 Å². The van der Waals surface area contributed by atoms with Crippen molar-refractivity contribution in [2.45, 2.75) is 31.9 Å². The lowest BCUT2D eigenvalue weighted by molar-refractivity contribution is -0.0515. The second kappa shape index (κ2) is 6.56. The molecule has 5 nitrogen and oxygen atoms in total. The van der Waals surface area contributed by atoms with Crippen LogP contribution in [0.1, 0.15) is 24.8 Å². The van der Waals surface area contributed by atoms with Crippen molar-refractivity contribution in [2.24, 2.45) is 12.5 Å². The van der Waals surface area contributed by atoms with E-state index in [2.05, 4.69) is 16.3 Å². The van der Waals surface area contributed by atoms with Crippen LogP contribution in [0.5, 0.6) is 0 Å². The molecule has 134 valence electrons. The van der Waals surface area contributed by atoms with Crippen LogP contribution in [0, 0.1) is 5.41 Å². The highest BCUT2D eigenvalue weighted by atomic mass is 16.3. The molecule has 2 aromatic rings. The molecule has 0 saturated carbocycles. The summed E-state index contributed by atoms with van der Waals surface area (Å²) in [5.74, 6) is 0. The van der Waals surface area contributed by atoms with Gasteiger partial charge in [0.1, 0.15) is 0 Å². The molecule has 2 fully saturated rings. The number of aryl methyl sites for hydroxylation is 1. The lowest BCUT2D eigenvalue weighted by Crippen LogP contribution is -2.57. The second-order valence-electron chi connectivity index (χ2n) is 7.75. The Hall–Kier alpha value is -1.69. The molecule has 2 aliphatic heterocycles. The molecule has 3 heterocycles. The minimum Gasteiger partial charge on any atom is -0.392 e. The molecule has 0 aliphatic carbocycles. The maximum Gasteiger partial charge on any atom is 0.255 e. The fraction of sp³-hybridized carbons (Fsp3) is 0.550. The number of piperidine rings is 2. The normalized spacial score (nSPS) is 27.8. The molecule has 4 rings (SSSR count). The third-order valence-corrected chi connectivity index (χ3v) is 6.07. The summed E-state index contributed by atoms with van der Waals surface area (Å²) in [4.78, 5) is 15.1. The smallest absolute Gasteiger partial charge is 0.255 e. The zero-order chi connectivity index (χ0) is 17.4. The van der Waals surface area contributed by atoms with Gasteiger partial charge in [0.05, 0.1) is 11.6 Å². The molecule has 2 atom stereocenters. The monoisotopic (exact) mass is 341 g/mol. The lowest BCUT2D eigenvalue weighted by Gasteiger charge is -2.48. The van der Waals surface area contributed by atoms with Crippen LogP contribution >= 0.6 is 0 Å². The molecule has 0 amide bonds. The predicted molar refractivity (Wildman–Crippen MR) is 99.6 cm³/mol. The SMILES string of the molecule is Cn1c(=O)c(CN2CCC[C@]3(CNCC[C@@H]3O)C2)cc2ccccc21. The fourth-order valence-electron chi connectivity index (χ4n) is 4.65. The highest BCUT2D eigenvalue weighted by molar-refractivity contribution is 5.79. The number of aliphatic hydroxyl groups excluding tert-OH is 1. The third kappa shape index (κ3) is 3.01. The molecule has 1 aromatic carbocycles. The van der Waals surface area contributed by atoms with Crippen molar-refractivity contribution in [1.82, 2.24) is 14.8 Å². The first kappa shape index (κ1) is 16.8.